The van der Waals surface area contributed by atoms with Gasteiger partial charge in [-0.2, -0.15) is 0 Å². The number of nitrogens with one attached hydrogen (secondary N) is 1. The van der Waals surface area contributed by atoms with Gasteiger partial charge in [0, 0.05) is 30.7 Å². The van der Waals surface area contributed by atoms with Gasteiger partial charge in [0.15, 0.2) is 0 Å². The van der Waals surface area contributed by atoms with Gasteiger partial charge in [0.05, 0.1) is 0 Å². The molecule has 19 heavy (non-hydrogen) atoms. The minimum atomic E-state index is -0.306. The molecule has 2 fully saturated rings. The smallest absolute Gasteiger partial charge is 0.253 e. The van der Waals surface area contributed by atoms with Crippen LogP contribution >= 0.6 is 0 Å². The molecule has 1 aromatic carbocycles. The summed E-state index contributed by atoms with van der Waals surface area (Å²) in [5.74, 6) is -0.314. The Morgan fingerprint density at radius 2 is 1.79 bits per heavy atom. The van der Waals surface area contributed by atoms with Crippen LogP contribution in [0.1, 0.15) is 36.0 Å². The molecule has 2 heterocycles. The number of hydrogen-bond donors (Lipinski definition) is 1. The Bertz CT molecular complexity index is 462. The van der Waals surface area contributed by atoms with Crippen LogP contribution in [0, 0.1) is 5.82 Å². The van der Waals surface area contributed by atoms with Crippen LogP contribution in [0.3, 0.4) is 0 Å². The highest BCUT2D eigenvalue weighted by Gasteiger charge is 2.36. The SMILES string of the molecule is CN(C(=O)c1ccc(F)cc1)C1CC2CCC(C1)N2. The minimum absolute atomic E-state index is 0.00806. The first-order chi connectivity index (χ1) is 9.13. The monoisotopic (exact) mass is 262 g/mol. The lowest BCUT2D eigenvalue weighted by Gasteiger charge is -2.35. The average Bonchev–Trinajstić information content (AvgIpc) is 2.76. The maximum absolute atomic E-state index is 12.9. The number of hydrogen-bond acceptors (Lipinski definition) is 2. The molecule has 2 bridgehead atoms. The number of amides is 1. The Balaban J connectivity index is 1.71. The van der Waals surface area contributed by atoms with Crippen molar-refractivity contribution in [2.24, 2.45) is 0 Å². The fourth-order valence-electron chi connectivity index (χ4n) is 3.31. The van der Waals surface area contributed by atoms with Crippen LogP contribution in [-0.2, 0) is 0 Å². The molecule has 102 valence electrons. The lowest BCUT2D eigenvalue weighted by molar-refractivity contribution is 0.0681. The Morgan fingerprint density at radius 3 is 2.37 bits per heavy atom. The number of carbonyl (C=O) groups excluding carboxylic acids is 1. The van der Waals surface area contributed by atoms with Gasteiger partial charge in [-0.3, -0.25) is 4.79 Å². The van der Waals surface area contributed by atoms with Crippen LogP contribution in [0.2, 0.25) is 0 Å². The lowest BCUT2D eigenvalue weighted by atomic mass is 9.98. The zero-order chi connectivity index (χ0) is 13.4. The van der Waals surface area contributed by atoms with Crippen molar-refractivity contribution in [2.75, 3.05) is 7.05 Å². The van der Waals surface area contributed by atoms with Crippen molar-refractivity contribution in [3.05, 3.63) is 35.6 Å². The number of piperidine rings is 1. The van der Waals surface area contributed by atoms with Crippen molar-refractivity contribution in [1.29, 1.82) is 0 Å². The van der Waals surface area contributed by atoms with Gasteiger partial charge < -0.3 is 10.2 Å². The molecule has 0 spiro atoms. The number of rotatable bonds is 2. The van der Waals surface area contributed by atoms with Crippen molar-refractivity contribution in [2.45, 2.75) is 43.8 Å². The zero-order valence-corrected chi connectivity index (χ0v) is 11.1. The third-order valence-corrected chi connectivity index (χ3v) is 4.41. The van der Waals surface area contributed by atoms with Crippen LogP contribution in [-0.4, -0.2) is 36.0 Å². The van der Waals surface area contributed by atoms with Crippen molar-refractivity contribution in [3.8, 4) is 0 Å². The quantitative estimate of drug-likeness (QED) is 0.886. The average molecular weight is 262 g/mol. The summed E-state index contributed by atoms with van der Waals surface area (Å²) in [7, 11) is 1.86. The van der Waals surface area contributed by atoms with Gasteiger partial charge in [0.1, 0.15) is 5.82 Å². The number of fused-ring (bicyclic) bond motifs is 2. The Kier molecular flexibility index (Phi) is 3.27. The third-order valence-electron chi connectivity index (χ3n) is 4.41. The van der Waals surface area contributed by atoms with E-state index in [2.05, 4.69) is 5.32 Å². The van der Waals surface area contributed by atoms with Crippen LogP contribution in [0.15, 0.2) is 24.3 Å². The van der Waals surface area contributed by atoms with Gasteiger partial charge in [0.2, 0.25) is 0 Å². The molecule has 1 amide bonds. The Hall–Kier alpha value is -1.42. The van der Waals surface area contributed by atoms with E-state index in [0.717, 1.165) is 12.8 Å². The van der Waals surface area contributed by atoms with Crippen molar-refractivity contribution in [3.63, 3.8) is 0 Å². The van der Waals surface area contributed by atoms with Gasteiger partial charge in [-0.05, 0) is 49.9 Å². The van der Waals surface area contributed by atoms with Gasteiger partial charge in [-0.15, -0.1) is 0 Å². The fourth-order valence-corrected chi connectivity index (χ4v) is 3.31. The molecule has 1 aromatic rings. The van der Waals surface area contributed by atoms with Gasteiger partial charge in [-0.1, -0.05) is 0 Å². The molecule has 3 rings (SSSR count). The number of carbonyl (C=O) groups is 1. The first-order valence-electron chi connectivity index (χ1n) is 6.92. The second kappa shape index (κ2) is 4.93. The highest BCUT2D eigenvalue weighted by Crippen LogP contribution is 2.29. The van der Waals surface area contributed by atoms with Crippen LogP contribution < -0.4 is 5.32 Å². The topological polar surface area (TPSA) is 32.3 Å². The summed E-state index contributed by atoms with van der Waals surface area (Å²) in [6.07, 6.45) is 4.50. The molecule has 2 saturated heterocycles. The summed E-state index contributed by atoms with van der Waals surface area (Å²) in [5.41, 5.74) is 0.565. The fraction of sp³-hybridized carbons (Fsp3) is 0.533. The Labute approximate surface area is 112 Å². The summed E-state index contributed by atoms with van der Waals surface area (Å²) < 4.78 is 12.9. The Morgan fingerprint density at radius 1 is 1.21 bits per heavy atom. The van der Waals surface area contributed by atoms with E-state index in [9.17, 15) is 9.18 Å². The van der Waals surface area contributed by atoms with E-state index in [1.54, 1.807) is 12.1 Å². The molecular formula is C15H19FN2O. The van der Waals surface area contributed by atoms with E-state index in [-0.39, 0.29) is 11.7 Å². The van der Waals surface area contributed by atoms with E-state index < -0.39 is 0 Å². The summed E-state index contributed by atoms with van der Waals surface area (Å²) in [4.78, 5) is 14.2. The molecule has 1 N–H and O–H groups in total. The molecule has 3 nitrogen and oxygen atoms in total. The van der Waals surface area contributed by atoms with Crippen LogP contribution in [0.25, 0.3) is 0 Å². The van der Waals surface area contributed by atoms with E-state index in [1.807, 2.05) is 11.9 Å². The molecule has 2 aliphatic heterocycles. The highest BCUT2D eigenvalue weighted by atomic mass is 19.1. The molecule has 0 radical (unpaired) electrons. The third kappa shape index (κ3) is 2.50. The summed E-state index contributed by atoms with van der Waals surface area (Å²) >= 11 is 0. The van der Waals surface area contributed by atoms with Crippen molar-refractivity contribution < 1.29 is 9.18 Å². The van der Waals surface area contributed by atoms with Gasteiger partial charge in [-0.25, -0.2) is 4.39 Å². The predicted octanol–water partition coefficient (Wildman–Crippen LogP) is 2.18. The van der Waals surface area contributed by atoms with E-state index in [1.165, 1.54) is 25.0 Å². The molecule has 0 saturated carbocycles. The lowest BCUT2D eigenvalue weighted by Crippen LogP contribution is -2.48. The normalized spacial score (nSPS) is 29.3. The predicted molar refractivity (Wildman–Crippen MR) is 71.5 cm³/mol. The molecule has 2 atom stereocenters. The number of nitrogens with zero attached hydrogens (tertiary/aromatic N) is 1. The number of benzene rings is 1. The summed E-state index contributed by atoms with van der Waals surface area (Å²) in [6.45, 7) is 0. The highest BCUT2D eigenvalue weighted by molar-refractivity contribution is 5.94. The van der Waals surface area contributed by atoms with Crippen molar-refractivity contribution in [1.82, 2.24) is 10.2 Å². The summed E-state index contributed by atoms with van der Waals surface area (Å²) in [6, 6.07) is 7.23. The van der Waals surface area contributed by atoms with E-state index in [0.29, 0.717) is 23.7 Å². The van der Waals surface area contributed by atoms with Crippen molar-refractivity contribution >= 4 is 5.91 Å². The van der Waals surface area contributed by atoms with Gasteiger partial charge in [0.25, 0.3) is 5.91 Å². The number of halogens is 1. The summed E-state index contributed by atoms with van der Waals surface area (Å²) in [5, 5.41) is 3.57. The molecule has 0 aliphatic carbocycles. The second-order valence-electron chi connectivity index (χ2n) is 5.69. The standard InChI is InChI=1S/C15H19FN2O/c1-18(14-8-12-6-7-13(9-14)17-12)15(19)10-2-4-11(16)5-3-10/h2-5,12-14,17H,6-9H2,1H3. The second-order valence-corrected chi connectivity index (χ2v) is 5.69. The first-order valence-corrected chi connectivity index (χ1v) is 6.92. The molecule has 4 heteroatoms. The van der Waals surface area contributed by atoms with Crippen LogP contribution in [0.4, 0.5) is 4.39 Å². The maximum atomic E-state index is 12.9. The van der Waals surface area contributed by atoms with Gasteiger partial charge >= 0.3 is 0 Å². The van der Waals surface area contributed by atoms with E-state index >= 15 is 0 Å². The molecule has 0 aromatic heterocycles. The minimum Gasteiger partial charge on any atom is -0.339 e. The molecule has 2 aliphatic rings. The molecule has 2 unspecified atom stereocenters. The molecular weight excluding hydrogens is 243 g/mol. The maximum Gasteiger partial charge on any atom is 0.253 e. The zero-order valence-electron chi connectivity index (χ0n) is 11.1. The van der Waals surface area contributed by atoms with E-state index in [4.69, 9.17) is 0 Å². The first kappa shape index (κ1) is 12.6. The largest absolute Gasteiger partial charge is 0.339 e. The van der Waals surface area contributed by atoms with Crippen LogP contribution in [0.5, 0.6) is 0 Å².